The van der Waals surface area contributed by atoms with Gasteiger partial charge in [0.25, 0.3) is 11.6 Å². The first-order valence-corrected chi connectivity index (χ1v) is 7.86. The van der Waals surface area contributed by atoms with Gasteiger partial charge in [-0.2, -0.15) is 0 Å². The van der Waals surface area contributed by atoms with Gasteiger partial charge in [-0.1, -0.05) is 12.1 Å². The highest BCUT2D eigenvalue weighted by molar-refractivity contribution is 5.98. The molecule has 0 fully saturated rings. The van der Waals surface area contributed by atoms with Crippen molar-refractivity contribution < 1.29 is 23.6 Å². The molecule has 8 heteroatoms. The normalized spacial score (nSPS) is 10.3. The van der Waals surface area contributed by atoms with E-state index in [1.165, 1.54) is 43.3 Å². The number of halogens is 1. The van der Waals surface area contributed by atoms with Crippen LogP contribution in [0.4, 0.5) is 10.1 Å². The van der Waals surface area contributed by atoms with Gasteiger partial charge in [0.15, 0.2) is 11.5 Å². The lowest BCUT2D eigenvalue weighted by molar-refractivity contribution is -0.385. The molecule has 0 aliphatic heterocycles. The van der Waals surface area contributed by atoms with Crippen molar-refractivity contribution in [1.82, 2.24) is 4.90 Å². The average Bonchev–Trinajstić information content (AvgIpc) is 2.62. The highest BCUT2D eigenvalue weighted by atomic mass is 19.1. The van der Waals surface area contributed by atoms with E-state index in [0.29, 0.717) is 12.2 Å². The monoisotopic (exact) mass is 362 g/mol. The zero-order chi connectivity index (χ0) is 19.3. The highest BCUT2D eigenvalue weighted by Gasteiger charge is 2.26. The third-order valence-corrected chi connectivity index (χ3v) is 3.69. The lowest BCUT2D eigenvalue weighted by atomic mass is 10.1. The molecule has 0 spiro atoms. The number of hydrogen-bond acceptors (Lipinski definition) is 5. The molecule has 0 heterocycles. The largest absolute Gasteiger partial charge is 0.493 e. The molecule has 26 heavy (non-hydrogen) atoms. The first-order chi connectivity index (χ1) is 12.4. The molecule has 0 unspecified atom stereocenters. The molecule has 2 aromatic rings. The Bertz CT molecular complexity index is 808. The van der Waals surface area contributed by atoms with Gasteiger partial charge in [0.05, 0.1) is 24.7 Å². The molecule has 0 radical (unpaired) electrons. The molecule has 0 saturated carbocycles. The summed E-state index contributed by atoms with van der Waals surface area (Å²) < 4.78 is 23.5. The topological polar surface area (TPSA) is 81.9 Å². The van der Waals surface area contributed by atoms with Crippen molar-refractivity contribution in [3.8, 4) is 11.5 Å². The van der Waals surface area contributed by atoms with E-state index in [1.807, 2.05) is 0 Å². The molecule has 0 aliphatic carbocycles. The fourth-order valence-corrected chi connectivity index (χ4v) is 2.44. The van der Waals surface area contributed by atoms with Gasteiger partial charge in [-0.25, -0.2) is 4.39 Å². The number of hydrogen-bond donors (Lipinski definition) is 0. The molecule has 0 aromatic heterocycles. The smallest absolute Gasteiger partial charge is 0.286 e. The molecular weight excluding hydrogens is 343 g/mol. The van der Waals surface area contributed by atoms with Crippen LogP contribution in [0.1, 0.15) is 22.8 Å². The Kier molecular flexibility index (Phi) is 6.11. The number of rotatable bonds is 7. The van der Waals surface area contributed by atoms with Gasteiger partial charge in [0.2, 0.25) is 0 Å². The van der Waals surface area contributed by atoms with Crippen LogP contribution in [0.2, 0.25) is 0 Å². The van der Waals surface area contributed by atoms with Crippen molar-refractivity contribution >= 4 is 11.6 Å². The molecular formula is C18H19FN2O5. The average molecular weight is 362 g/mol. The fourth-order valence-electron chi connectivity index (χ4n) is 2.44. The molecule has 0 aliphatic rings. The Labute approximate surface area is 150 Å². The summed E-state index contributed by atoms with van der Waals surface area (Å²) in [6.45, 7) is 2.21. The second kappa shape index (κ2) is 8.28. The Morgan fingerprint density at radius 2 is 1.88 bits per heavy atom. The molecule has 2 aromatic carbocycles. The summed E-state index contributed by atoms with van der Waals surface area (Å²) in [4.78, 5) is 24.8. The van der Waals surface area contributed by atoms with E-state index in [2.05, 4.69) is 0 Å². The number of carbonyl (C=O) groups excluding carboxylic acids is 1. The summed E-state index contributed by atoms with van der Waals surface area (Å²) >= 11 is 0. The number of methoxy groups -OCH3 is 1. The minimum Gasteiger partial charge on any atom is -0.493 e. The molecule has 0 saturated heterocycles. The zero-order valence-corrected chi connectivity index (χ0v) is 14.7. The van der Waals surface area contributed by atoms with Crippen LogP contribution in [0, 0.1) is 15.9 Å². The number of nitrogens with zero attached hydrogens (tertiary/aromatic N) is 2. The van der Waals surface area contributed by atoms with Crippen molar-refractivity contribution in [2.45, 2.75) is 13.5 Å². The van der Waals surface area contributed by atoms with E-state index in [0.717, 1.165) is 0 Å². The molecule has 2 rings (SSSR count). The maximum absolute atomic E-state index is 13.0. The standard InChI is InChI=1S/C18H19FN2O5/c1-4-26-17-10-15(21(23)24)14(9-16(17)25-3)18(22)20(2)11-12-5-7-13(19)8-6-12/h5-10H,4,11H2,1-3H3. The minimum absolute atomic E-state index is 0.111. The second-order valence-electron chi connectivity index (χ2n) is 5.50. The van der Waals surface area contributed by atoms with Crippen LogP contribution in [-0.2, 0) is 6.54 Å². The predicted octanol–water partition coefficient (Wildman–Crippen LogP) is 3.41. The summed E-state index contributed by atoms with van der Waals surface area (Å²) in [7, 11) is 2.90. The number of ether oxygens (including phenoxy) is 2. The van der Waals surface area contributed by atoms with Crippen LogP contribution < -0.4 is 9.47 Å². The van der Waals surface area contributed by atoms with Gasteiger partial charge in [-0.3, -0.25) is 14.9 Å². The fraction of sp³-hybridized carbons (Fsp3) is 0.278. The highest BCUT2D eigenvalue weighted by Crippen LogP contribution is 2.35. The lowest BCUT2D eigenvalue weighted by Crippen LogP contribution is -2.27. The molecule has 1 amide bonds. The van der Waals surface area contributed by atoms with Crippen molar-refractivity contribution in [3.05, 3.63) is 63.5 Å². The molecule has 0 atom stereocenters. The SMILES string of the molecule is CCOc1cc([N+](=O)[O-])c(C(=O)N(C)Cc2ccc(F)cc2)cc1OC. The summed E-state index contributed by atoms with van der Waals surface area (Å²) in [5, 5.41) is 11.4. The van der Waals surface area contributed by atoms with E-state index in [9.17, 15) is 19.3 Å². The summed E-state index contributed by atoms with van der Waals surface area (Å²) in [5.74, 6) is -0.507. The van der Waals surface area contributed by atoms with Crippen LogP contribution in [0.5, 0.6) is 11.5 Å². The summed E-state index contributed by atoms with van der Waals surface area (Å²) in [6.07, 6.45) is 0. The van der Waals surface area contributed by atoms with E-state index in [1.54, 1.807) is 19.1 Å². The number of amides is 1. The molecule has 0 bridgehead atoms. The van der Waals surface area contributed by atoms with Gasteiger partial charge in [0, 0.05) is 19.7 Å². The summed E-state index contributed by atoms with van der Waals surface area (Å²) in [5.41, 5.74) is 0.216. The number of benzene rings is 2. The maximum Gasteiger partial charge on any atom is 0.286 e. The van der Waals surface area contributed by atoms with Crippen LogP contribution in [0.25, 0.3) is 0 Å². The Morgan fingerprint density at radius 3 is 2.42 bits per heavy atom. The number of carbonyl (C=O) groups is 1. The molecule has 0 N–H and O–H groups in total. The lowest BCUT2D eigenvalue weighted by Gasteiger charge is -2.18. The van der Waals surface area contributed by atoms with E-state index in [4.69, 9.17) is 9.47 Å². The van der Waals surface area contributed by atoms with Gasteiger partial charge in [-0.05, 0) is 24.6 Å². The van der Waals surface area contributed by atoms with E-state index in [-0.39, 0.29) is 35.1 Å². The predicted molar refractivity (Wildman–Crippen MR) is 93.0 cm³/mol. The summed E-state index contributed by atoms with van der Waals surface area (Å²) in [6, 6.07) is 8.15. The van der Waals surface area contributed by atoms with Crippen molar-refractivity contribution in [2.24, 2.45) is 0 Å². The van der Waals surface area contributed by atoms with Crippen LogP contribution in [-0.4, -0.2) is 36.5 Å². The maximum atomic E-state index is 13.0. The van der Waals surface area contributed by atoms with Gasteiger partial charge in [-0.15, -0.1) is 0 Å². The van der Waals surface area contributed by atoms with Gasteiger partial charge >= 0.3 is 0 Å². The zero-order valence-electron chi connectivity index (χ0n) is 14.7. The Hall–Kier alpha value is -3.16. The first kappa shape index (κ1) is 19.2. The van der Waals surface area contributed by atoms with Gasteiger partial charge < -0.3 is 14.4 Å². The van der Waals surface area contributed by atoms with Crippen molar-refractivity contribution in [2.75, 3.05) is 20.8 Å². The minimum atomic E-state index is -0.638. The van der Waals surface area contributed by atoms with Crippen molar-refractivity contribution in [1.29, 1.82) is 0 Å². The molecule has 7 nitrogen and oxygen atoms in total. The van der Waals surface area contributed by atoms with Crippen LogP contribution >= 0.6 is 0 Å². The first-order valence-electron chi connectivity index (χ1n) is 7.86. The number of nitro benzene ring substituents is 1. The quantitative estimate of drug-likeness (QED) is 0.557. The molecule has 138 valence electrons. The van der Waals surface area contributed by atoms with E-state index < -0.39 is 10.8 Å². The third-order valence-electron chi connectivity index (χ3n) is 3.69. The third kappa shape index (κ3) is 4.27. The number of nitro groups is 1. The van der Waals surface area contributed by atoms with E-state index >= 15 is 0 Å². The van der Waals surface area contributed by atoms with Crippen molar-refractivity contribution in [3.63, 3.8) is 0 Å². The second-order valence-corrected chi connectivity index (χ2v) is 5.50. The van der Waals surface area contributed by atoms with Crippen LogP contribution in [0.3, 0.4) is 0 Å². The van der Waals surface area contributed by atoms with Gasteiger partial charge in [0.1, 0.15) is 11.4 Å². The Balaban J connectivity index is 2.36. The van der Waals surface area contributed by atoms with Crippen LogP contribution in [0.15, 0.2) is 36.4 Å². The Morgan fingerprint density at radius 1 is 1.23 bits per heavy atom.